The van der Waals surface area contributed by atoms with Crippen molar-refractivity contribution in [3.8, 4) is 0 Å². The molecule has 0 aliphatic carbocycles. The van der Waals surface area contributed by atoms with Gasteiger partial charge in [0, 0.05) is 25.0 Å². The third kappa shape index (κ3) is 3.94. The Kier molecular flexibility index (Phi) is 4.45. The van der Waals surface area contributed by atoms with Gasteiger partial charge in [-0.3, -0.25) is 0 Å². The van der Waals surface area contributed by atoms with Gasteiger partial charge < -0.3 is 4.90 Å². The lowest BCUT2D eigenvalue weighted by atomic mass is 9.98. The Morgan fingerprint density at radius 3 is 3.00 bits per heavy atom. The van der Waals surface area contributed by atoms with E-state index in [4.69, 9.17) is 0 Å². The summed E-state index contributed by atoms with van der Waals surface area (Å²) in [5.74, 6) is 0.594. The Bertz CT molecular complexity index is 812. The van der Waals surface area contributed by atoms with Gasteiger partial charge in [0.25, 0.3) is 0 Å². The summed E-state index contributed by atoms with van der Waals surface area (Å²) in [4.78, 5) is 10.6. The number of fused-ring (bicyclic) bond motifs is 1. The maximum Gasteiger partial charge on any atom is 0.208 e. The molecule has 0 spiro atoms. The Labute approximate surface area is 134 Å². The van der Waals surface area contributed by atoms with Gasteiger partial charge in [0.15, 0.2) is 0 Å². The third-order valence-electron chi connectivity index (χ3n) is 4.03. The molecule has 8 heteroatoms. The van der Waals surface area contributed by atoms with Gasteiger partial charge in [-0.05, 0) is 37.0 Å². The first-order chi connectivity index (χ1) is 10.9. The van der Waals surface area contributed by atoms with E-state index in [1.54, 1.807) is 6.07 Å². The number of piperidine rings is 1. The fourth-order valence-electron chi connectivity index (χ4n) is 2.96. The highest BCUT2D eigenvalue weighted by molar-refractivity contribution is 7.88. The number of nitrogens with zero attached hydrogens (tertiary/aromatic N) is 3. The van der Waals surface area contributed by atoms with Crippen LogP contribution < -0.4 is 9.62 Å². The summed E-state index contributed by atoms with van der Waals surface area (Å²) in [5, 5.41) is 0.684. The molecule has 1 unspecified atom stereocenters. The monoisotopic (exact) mass is 338 g/mol. The Morgan fingerprint density at radius 2 is 2.22 bits per heavy atom. The second-order valence-electron chi connectivity index (χ2n) is 5.93. The van der Waals surface area contributed by atoms with Crippen molar-refractivity contribution < 1.29 is 12.8 Å². The molecule has 2 heterocycles. The molecule has 6 nitrogen and oxygen atoms in total. The smallest absolute Gasteiger partial charge is 0.208 e. The summed E-state index contributed by atoms with van der Waals surface area (Å²) in [7, 11) is -3.19. The zero-order valence-electron chi connectivity index (χ0n) is 12.9. The molecule has 1 fully saturated rings. The first-order valence-corrected chi connectivity index (χ1v) is 9.41. The first kappa shape index (κ1) is 16.1. The summed E-state index contributed by atoms with van der Waals surface area (Å²) in [6.45, 7) is 1.91. The van der Waals surface area contributed by atoms with E-state index in [0.29, 0.717) is 29.8 Å². The molecular formula is C15H19FN4O2S. The zero-order chi connectivity index (χ0) is 16.4. The van der Waals surface area contributed by atoms with Crippen LogP contribution in [0.4, 0.5) is 10.2 Å². The average molecular weight is 338 g/mol. The molecule has 1 aliphatic rings. The van der Waals surface area contributed by atoms with Gasteiger partial charge in [0.05, 0.1) is 11.8 Å². The fraction of sp³-hybridized carbons (Fsp3) is 0.467. The van der Waals surface area contributed by atoms with E-state index < -0.39 is 10.0 Å². The number of benzene rings is 1. The van der Waals surface area contributed by atoms with Gasteiger partial charge in [-0.15, -0.1) is 0 Å². The number of rotatable bonds is 4. The lowest BCUT2D eigenvalue weighted by molar-refractivity contribution is 0.410. The third-order valence-corrected chi connectivity index (χ3v) is 4.72. The molecule has 0 amide bonds. The summed E-state index contributed by atoms with van der Waals surface area (Å²) in [6, 6.07) is 4.47. The van der Waals surface area contributed by atoms with Crippen LogP contribution in [0, 0.1) is 11.7 Å². The molecular weight excluding hydrogens is 319 g/mol. The topological polar surface area (TPSA) is 75.2 Å². The average Bonchev–Trinajstić information content (AvgIpc) is 2.52. The lowest BCUT2D eigenvalue weighted by Crippen LogP contribution is -2.41. The predicted molar refractivity (Wildman–Crippen MR) is 87.3 cm³/mol. The standard InChI is InChI=1S/C15H19FN4O2S/c1-23(21,22)19-8-11-3-2-6-20(9-11)15-13-7-12(16)4-5-14(13)17-10-18-15/h4-5,7,10-11,19H,2-3,6,8-9H2,1H3. The number of sulfonamides is 1. The number of hydrogen-bond acceptors (Lipinski definition) is 5. The summed E-state index contributed by atoms with van der Waals surface area (Å²) >= 11 is 0. The summed E-state index contributed by atoms with van der Waals surface area (Å²) in [6.07, 6.45) is 4.54. The molecule has 2 aromatic rings. The fourth-order valence-corrected chi connectivity index (χ4v) is 3.50. The maximum atomic E-state index is 13.6. The van der Waals surface area contributed by atoms with Crippen LogP contribution >= 0.6 is 0 Å². The second-order valence-corrected chi connectivity index (χ2v) is 7.77. The first-order valence-electron chi connectivity index (χ1n) is 7.52. The van der Waals surface area contributed by atoms with E-state index in [2.05, 4.69) is 19.6 Å². The molecule has 0 bridgehead atoms. The molecule has 23 heavy (non-hydrogen) atoms. The van der Waals surface area contributed by atoms with Crippen LogP contribution in [0.5, 0.6) is 0 Å². The minimum Gasteiger partial charge on any atom is -0.356 e. The van der Waals surface area contributed by atoms with Crippen LogP contribution in [-0.4, -0.2) is 44.3 Å². The van der Waals surface area contributed by atoms with Crippen LogP contribution in [0.2, 0.25) is 0 Å². The van der Waals surface area contributed by atoms with Crippen molar-refractivity contribution in [2.75, 3.05) is 30.8 Å². The van der Waals surface area contributed by atoms with Gasteiger partial charge in [-0.2, -0.15) is 0 Å². The number of halogens is 1. The Balaban J connectivity index is 1.82. The van der Waals surface area contributed by atoms with Gasteiger partial charge in [0.2, 0.25) is 10.0 Å². The highest BCUT2D eigenvalue weighted by Gasteiger charge is 2.23. The van der Waals surface area contributed by atoms with E-state index in [1.807, 2.05) is 0 Å². The van der Waals surface area contributed by atoms with Crippen LogP contribution in [0.1, 0.15) is 12.8 Å². The molecule has 1 aromatic heterocycles. The van der Waals surface area contributed by atoms with E-state index in [9.17, 15) is 12.8 Å². The molecule has 0 saturated carbocycles. The van der Waals surface area contributed by atoms with Crippen molar-refractivity contribution in [2.45, 2.75) is 12.8 Å². The summed E-state index contributed by atoms with van der Waals surface area (Å²) in [5.41, 5.74) is 0.702. The van der Waals surface area contributed by atoms with Gasteiger partial charge in [0.1, 0.15) is 18.0 Å². The van der Waals surface area contributed by atoms with Gasteiger partial charge in [-0.25, -0.2) is 27.5 Å². The van der Waals surface area contributed by atoms with Crippen molar-refractivity contribution in [2.24, 2.45) is 5.92 Å². The maximum absolute atomic E-state index is 13.6. The molecule has 1 aromatic carbocycles. The minimum atomic E-state index is -3.19. The highest BCUT2D eigenvalue weighted by Crippen LogP contribution is 2.27. The van der Waals surface area contributed by atoms with Crippen molar-refractivity contribution in [3.63, 3.8) is 0 Å². The largest absolute Gasteiger partial charge is 0.356 e. The lowest BCUT2D eigenvalue weighted by Gasteiger charge is -2.34. The van der Waals surface area contributed by atoms with E-state index in [0.717, 1.165) is 25.6 Å². The SMILES string of the molecule is CS(=O)(=O)NCC1CCCN(c2ncnc3ccc(F)cc23)C1. The van der Waals surface area contributed by atoms with Crippen molar-refractivity contribution in [3.05, 3.63) is 30.3 Å². The molecule has 1 N–H and O–H groups in total. The minimum absolute atomic E-state index is 0.206. The number of nitrogens with one attached hydrogen (secondary N) is 1. The van der Waals surface area contributed by atoms with Crippen LogP contribution in [0.25, 0.3) is 10.9 Å². The van der Waals surface area contributed by atoms with Gasteiger partial charge >= 0.3 is 0 Å². The van der Waals surface area contributed by atoms with E-state index in [-0.39, 0.29) is 11.7 Å². The zero-order valence-corrected chi connectivity index (χ0v) is 13.7. The van der Waals surface area contributed by atoms with Crippen LogP contribution in [0.3, 0.4) is 0 Å². The molecule has 3 rings (SSSR count). The molecule has 0 radical (unpaired) electrons. The summed E-state index contributed by atoms with van der Waals surface area (Å²) < 4.78 is 38.6. The van der Waals surface area contributed by atoms with Gasteiger partial charge in [-0.1, -0.05) is 0 Å². The van der Waals surface area contributed by atoms with E-state index >= 15 is 0 Å². The predicted octanol–water partition coefficient (Wildman–Crippen LogP) is 1.53. The molecule has 124 valence electrons. The number of hydrogen-bond donors (Lipinski definition) is 1. The van der Waals surface area contributed by atoms with Crippen molar-refractivity contribution >= 4 is 26.7 Å². The molecule has 1 aliphatic heterocycles. The number of anilines is 1. The quantitative estimate of drug-likeness (QED) is 0.915. The normalized spacial score (nSPS) is 19.2. The Morgan fingerprint density at radius 1 is 1.39 bits per heavy atom. The molecule has 1 atom stereocenters. The van der Waals surface area contributed by atoms with E-state index in [1.165, 1.54) is 18.5 Å². The molecule has 1 saturated heterocycles. The Hall–Kier alpha value is -1.80. The highest BCUT2D eigenvalue weighted by atomic mass is 32.2. The van der Waals surface area contributed by atoms with Crippen molar-refractivity contribution in [1.82, 2.24) is 14.7 Å². The van der Waals surface area contributed by atoms with Crippen LogP contribution in [0.15, 0.2) is 24.5 Å². The van der Waals surface area contributed by atoms with Crippen LogP contribution in [-0.2, 0) is 10.0 Å². The number of aromatic nitrogens is 2. The van der Waals surface area contributed by atoms with Crippen molar-refractivity contribution in [1.29, 1.82) is 0 Å². The second kappa shape index (κ2) is 6.37.